The number of rotatable bonds is 2. The second-order valence-electron chi connectivity index (χ2n) is 3.00. The van der Waals surface area contributed by atoms with Crippen molar-refractivity contribution in [2.45, 2.75) is 6.42 Å². The molecular formula is C10H10BrNO. The van der Waals surface area contributed by atoms with Crippen molar-refractivity contribution >= 4 is 26.8 Å². The molecule has 0 aliphatic carbocycles. The minimum absolute atomic E-state index is 0.188. The van der Waals surface area contributed by atoms with E-state index in [0.717, 1.165) is 15.7 Å². The highest BCUT2D eigenvalue weighted by molar-refractivity contribution is 9.10. The molecule has 0 bridgehead atoms. The summed E-state index contributed by atoms with van der Waals surface area (Å²) in [7, 11) is 0. The number of halogens is 1. The summed E-state index contributed by atoms with van der Waals surface area (Å²) in [6.45, 7) is 0.188. The zero-order chi connectivity index (χ0) is 9.26. The number of aromatic nitrogens is 1. The van der Waals surface area contributed by atoms with Crippen LogP contribution in [0.5, 0.6) is 0 Å². The monoisotopic (exact) mass is 239 g/mol. The fourth-order valence-corrected chi connectivity index (χ4v) is 1.80. The van der Waals surface area contributed by atoms with Crippen LogP contribution in [0.25, 0.3) is 10.9 Å². The normalized spacial score (nSPS) is 10.9. The predicted octanol–water partition coefficient (Wildman–Crippen LogP) is 2.47. The third kappa shape index (κ3) is 1.76. The summed E-state index contributed by atoms with van der Waals surface area (Å²) in [6, 6.07) is 8.16. The van der Waals surface area contributed by atoms with Crippen LogP contribution in [-0.2, 0) is 6.42 Å². The number of nitrogens with one attached hydrogen (secondary N) is 1. The van der Waals surface area contributed by atoms with E-state index in [2.05, 4.69) is 33.0 Å². The molecule has 1 aromatic carbocycles. The molecule has 0 atom stereocenters. The topological polar surface area (TPSA) is 36.0 Å². The van der Waals surface area contributed by atoms with Crippen LogP contribution < -0.4 is 0 Å². The summed E-state index contributed by atoms with van der Waals surface area (Å²) in [5, 5.41) is 9.95. The first-order valence-corrected chi connectivity index (χ1v) is 4.97. The summed E-state index contributed by atoms with van der Waals surface area (Å²) < 4.78 is 1.08. The van der Waals surface area contributed by atoms with Gasteiger partial charge in [0, 0.05) is 34.1 Å². The molecule has 2 nitrogen and oxygen atoms in total. The molecule has 1 aromatic heterocycles. The average molecular weight is 240 g/mol. The van der Waals surface area contributed by atoms with Crippen molar-refractivity contribution in [3.63, 3.8) is 0 Å². The number of hydrogen-bond donors (Lipinski definition) is 2. The highest BCUT2D eigenvalue weighted by Gasteiger charge is 1.99. The van der Waals surface area contributed by atoms with E-state index in [9.17, 15) is 0 Å². The van der Waals surface area contributed by atoms with Gasteiger partial charge in [-0.3, -0.25) is 0 Å². The SMILES string of the molecule is OCCc1cc2cc(Br)ccc2[nH]1. The van der Waals surface area contributed by atoms with Crippen molar-refractivity contribution in [1.82, 2.24) is 4.98 Å². The third-order valence-corrected chi connectivity index (χ3v) is 2.51. The molecule has 0 amide bonds. The van der Waals surface area contributed by atoms with Gasteiger partial charge in [-0.15, -0.1) is 0 Å². The standard InChI is InChI=1S/C10H10BrNO/c11-8-1-2-10-7(5-8)6-9(12-10)3-4-13/h1-2,5-6,12-13H,3-4H2. The molecule has 0 saturated carbocycles. The molecule has 1 heterocycles. The molecule has 0 saturated heterocycles. The zero-order valence-electron chi connectivity index (χ0n) is 7.05. The first-order chi connectivity index (χ1) is 6.29. The molecular weight excluding hydrogens is 230 g/mol. The van der Waals surface area contributed by atoms with E-state index in [1.807, 2.05) is 12.1 Å². The maximum absolute atomic E-state index is 8.77. The minimum Gasteiger partial charge on any atom is -0.396 e. The molecule has 2 N–H and O–H groups in total. The Hall–Kier alpha value is -0.800. The Labute approximate surface area is 84.7 Å². The van der Waals surface area contributed by atoms with Crippen molar-refractivity contribution in [1.29, 1.82) is 0 Å². The van der Waals surface area contributed by atoms with Crippen molar-refractivity contribution < 1.29 is 5.11 Å². The van der Waals surface area contributed by atoms with Gasteiger partial charge in [0.25, 0.3) is 0 Å². The van der Waals surface area contributed by atoms with Crippen LogP contribution in [-0.4, -0.2) is 16.7 Å². The van der Waals surface area contributed by atoms with E-state index in [4.69, 9.17) is 5.11 Å². The van der Waals surface area contributed by atoms with Gasteiger partial charge in [0.1, 0.15) is 0 Å². The van der Waals surface area contributed by atoms with E-state index in [0.29, 0.717) is 6.42 Å². The first kappa shape index (κ1) is 8.78. The fourth-order valence-electron chi connectivity index (χ4n) is 1.42. The molecule has 0 fully saturated rings. The van der Waals surface area contributed by atoms with Gasteiger partial charge in [0.2, 0.25) is 0 Å². The Balaban J connectivity index is 2.49. The second-order valence-corrected chi connectivity index (χ2v) is 3.92. The number of fused-ring (bicyclic) bond motifs is 1. The van der Waals surface area contributed by atoms with E-state index >= 15 is 0 Å². The van der Waals surface area contributed by atoms with E-state index in [-0.39, 0.29) is 6.61 Å². The Kier molecular flexibility index (Phi) is 2.38. The van der Waals surface area contributed by atoms with Gasteiger partial charge < -0.3 is 10.1 Å². The smallest absolute Gasteiger partial charge is 0.0485 e. The number of aromatic amines is 1. The molecule has 2 aromatic rings. The van der Waals surface area contributed by atoms with Crippen LogP contribution in [0.15, 0.2) is 28.7 Å². The Bertz CT molecular complexity index is 422. The highest BCUT2D eigenvalue weighted by atomic mass is 79.9. The maximum Gasteiger partial charge on any atom is 0.0485 e. The molecule has 13 heavy (non-hydrogen) atoms. The van der Waals surface area contributed by atoms with Gasteiger partial charge in [-0.2, -0.15) is 0 Å². The van der Waals surface area contributed by atoms with Gasteiger partial charge in [0.05, 0.1) is 0 Å². The van der Waals surface area contributed by atoms with E-state index < -0.39 is 0 Å². The molecule has 0 radical (unpaired) electrons. The summed E-state index contributed by atoms with van der Waals surface area (Å²) in [6.07, 6.45) is 0.687. The molecule has 0 spiro atoms. The first-order valence-electron chi connectivity index (χ1n) is 4.17. The molecule has 2 rings (SSSR count). The number of benzene rings is 1. The molecule has 0 unspecified atom stereocenters. The third-order valence-electron chi connectivity index (χ3n) is 2.02. The van der Waals surface area contributed by atoms with E-state index in [1.165, 1.54) is 5.39 Å². The quantitative estimate of drug-likeness (QED) is 0.831. The Morgan fingerprint density at radius 3 is 2.92 bits per heavy atom. The maximum atomic E-state index is 8.77. The summed E-state index contributed by atoms with van der Waals surface area (Å²) >= 11 is 3.42. The van der Waals surface area contributed by atoms with Gasteiger partial charge in [-0.1, -0.05) is 15.9 Å². The van der Waals surface area contributed by atoms with Crippen LogP contribution >= 0.6 is 15.9 Å². The predicted molar refractivity (Wildman–Crippen MR) is 56.8 cm³/mol. The lowest BCUT2D eigenvalue weighted by Crippen LogP contribution is -1.88. The van der Waals surface area contributed by atoms with Crippen molar-refractivity contribution in [3.8, 4) is 0 Å². The van der Waals surface area contributed by atoms with Crippen LogP contribution in [0.4, 0.5) is 0 Å². The largest absolute Gasteiger partial charge is 0.396 e. The van der Waals surface area contributed by atoms with Gasteiger partial charge >= 0.3 is 0 Å². The van der Waals surface area contributed by atoms with Crippen LogP contribution in [0.2, 0.25) is 0 Å². The second kappa shape index (κ2) is 3.52. The number of aliphatic hydroxyl groups is 1. The minimum atomic E-state index is 0.188. The molecule has 0 aliphatic heterocycles. The lowest BCUT2D eigenvalue weighted by molar-refractivity contribution is 0.298. The highest BCUT2D eigenvalue weighted by Crippen LogP contribution is 2.20. The average Bonchev–Trinajstić information content (AvgIpc) is 2.46. The number of hydrogen-bond acceptors (Lipinski definition) is 1. The van der Waals surface area contributed by atoms with Crippen molar-refractivity contribution in [2.75, 3.05) is 6.61 Å². The fraction of sp³-hybridized carbons (Fsp3) is 0.200. The molecule has 68 valence electrons. The Morgan fingerprint density at radius 2 is 2.15 bits per heavy atom. The molecule has 3 heteroatoms. The summed E-state index contributed by atoms with van der Waals surface area (Å²) in [5.41, 5.74) is 2.20. The number of H-pyrrole nitrogens is 1. The summed E-state index contributed by atoms with van der Waals surface area (Å²) in [5.74, 6) is 0. The van der Waals surface area contributed by atoms with E-state index in [1.54, 1.807) is 0 Å². The van der Waals surface area contributed by atoms with Crippen LogP contribution in [0.3, 0.4) is 0 Å². The number of aliphatic hydroxyl groups excluding tert-OH is 1. The van der Waals surface area contributed by atoms with Crippen molar-refractivity contribution in [2.24, 2.45) is 0 Å². The van der Waals surface area contributed by atoms with Gasteiger partial charge in [0.15, 0.2) is 0 Å². The zero-order valence-corrected chi connectivity index (χ0v) is 8.63. The molecule has 0 aliphatic rings. The van der Waals surface area contributed by atoms with Gasteiger partial charge in [-0.25, -0.2) is 0 Å². The van der Waals surface area contributed by atoms with Crippen LogP contribution in [0, 0.1) is 0 Å². The lowest BCUT2D eigenvalue weighted by atomic mass is 10.2. The summed E-state index contributed by atoms with van der Waals surface area (Å²) in [4.78, 5) is 3.24. The van der Waals surface area contributed by atoms with Crippen molar-refractivity contribution in [3.05, 3.63) is 34.4 Å². The lowest BCUT2D eigenvalue weighted by Gasteiger charge is -1.89. The van der Waals surface area contributed by atoms with Gasteiger partial charge in [-0.05, 0) is 24.3 Å². The van der Waals surface area contributed by atoms with Crippen LogP contribution in [0.1, 0.15) is 5.69 Å². The Morgan fingerprint density at radius 1 is 1.31 bits per heavy atom.